The molecule has 1 aromatic carbocycles. The van der Waals surface area contributed by atoms with Crippen molar-refractivity contribution in [2.75, 3.05) is 39.8 Å². The molecule has 0 saturated carbocycles. The predicted octanol–water partition coefficient (Wildman–Crippen LogP) is 3.04. The highest BCUT2D eigenvalue weighted by Crippen LogP contribution is 2.32. The summed E-state index contributed by atoms with van der Waals surface area (Å²) in [7, 11) is 2.23. The summed E-state index contributed by atoms with van der Waals surface area (Å²) in [5.74, 6) is 2.33. The molecule has 1 aromatic rings. The van der Waals surface area contributed by atoms with Gasteiger partial charge in [0.05, 0.1) is 6.42 Å². The number of likely N-dealkylation sites (tertiary alicyclic amines) is 2. The Morgan fingerprint density at radius 2 is 1.58 bits per heavy atom. The fourth-order valence-corrected chi connectivity index (χ4v) is 4.07. The lowest BCUT2D eigenvalue weighted by molar-refractivity contribution is -0.134. The molecule has 0 unspecified atom stereocenters. The zero-order chi connectivity index (χ0) is 16.8. The summed E-state index contributed by atoms with van der Waals surface area (Å²) in [4.78, 5) is 16.8. The average Bonchev–Trinajstić information content (AvgIpc) is 2.62. The van der Waals surface area contributed by atoms with E-state index in [1.807, 2.05) is 30.3 Å². The van der Waals surface area contributed by atoms with Crippen molar-refractivity contribution >= 4 is 5.97 Å². The molecule has 2 aliphatic rings. The first-order valence-corrected chi connectivity index (χ1v) is 9.37. The van der Waals surface area contributed by atoms with Crippen LogP contribution in [0.4, 0.5) is 0 Å². The molecule has 132 valence electrons. The van der Waals surface area contributed by atoms with Crippen LogP contribution in [0.3, 0.4) is 0 Å². The molecule has 0 aliphatic carbocycles. The number of benzene rings is 1. The van der Waals surface area contributed by atoms with E-state index in [1.54, 1.807) is 0 Å². The molecule has 2 fully saturated rings. The van der Waals surface area contributed by atoms with Gasteiger partial charge in [-0.05, 0) is 82.9 Å². The largest absolute Gasteiger partial charge is 0.426 e. The highest BCUT2D eigenvalue weighted by molar-refractivity contribution is 5.72. The lowest BCUT2D eigenvalue weighted by Crippen LogP contribution is -2.40. The minimum absolute atomic E-state index is 0.126. The van der Waals surface area contributed by atoms with Crippen LogP contribution in [0.5, 0.6) is 5.75 Å². The van der Waals surface area contributed by atoms with Crippen molar-refractivity contribution in [3.8, 4) is 5.75 Å². The maximum atomic E-state index is 11.9. The van der Waals surface area contributed by atoms with Gasteiger partial charge >= 0.3 is 5.97 Å². The van der Waals surface area contributed by atoms with Crippen LogP contribution >= 0.6 is 0 Å². The first-order chi connectivity index (χ1) is 11.7. The summed E-state index contributed by atoms with van der Waals surface area (Å²) in [6.45, 7) is 5.61. The minimum Gasteiger partial charge on any atom is -0.426 e. The number of hydrogen-bond acceptors (Lipinski definition) is 4. The molecular weight excluding hydrogens is 300 g/mol. The van der Waals surface area contributed by atoms with Crippen LogP contribution in [0, 0.1) is 11.8 Å². The second-order valence-corrected chi connectivity index (χ2v) is 7.36. The van der Waals surface area contributed by atoms with E-state index in [0.717, 1.165) is 31.5 Å². The summed E-state index contributed by atoms with van der Waals surface area (Å²) in [6, 6.07) is 9.34. The zero-order valence-corrected chi connectivity index (χ0v) is 14.8. The normalized spacial score (nSPS) is 21.7. The van der Waals surface area contributed by atoms with E-state index in [2.05, 4.69) is 16.8 Å². The number of para-hydroxylation sites is 1. The Kier molecular flexibility index (Phi) is 6.27. The molecule has 24 heavy (non-hydrogen) atoms. The van der Waals surface area contributed by atoms with Gasteiger partial charge in [-0.1, -0.05) is 18.2 Å². The smallest absolute Gasteiger partial charge is 0.312 e. The standard InChI is InChI=1S/C20H30N2O2/c1-21-12-7-17(8-13-21)18-9-14-22(15-10-18)16-11-20(23)24-19-5-3-2-4-6-19/h2-6,17-18H,7-16H2,1H3. The molecule has 2 saturated heterocycles. The highest BCUT2D eigenvalue weighted by atomic mass is 16.5. The third-order valence-corrected chi connectivity index (χ3v) is 5.67. The van der Waals surface area contributed by atoms with E-state index >= 15 is 0 Å². The predicted molar refractivity (Wildman–Crippen MR) is 96.1 cm³/mol. The van der Waals surface area contributed by atoms with Crippen molar-refractivity contribution < 1.29 is 9.53 Å². The highest BCUT2D eigenvalue weighted by Gasteiger charge is 2.28. The Morgan fingerprint density at radius 3 is 2.21 bits per heavy atom. The summed E-state index contributed by atoms with van der Waals surface area (Å²) in [6.07, 6.45) is 5.80. The molecule has 0 amide bonds. The molecule has 0 bridgehead atoms. The van der Waals surface area contributed by atoms with Gasteiger partial charge in [0.1, 0.15) is 5.75 Å². The molecular formula is C20H30N2O2. The van der Waals surface area contributed by atoms with Crippen molar-refractivity contribution in [3.63, 3.8) is 0 Å². The van der Waals surface area contributed by atoms with Gasteiger partial charge in [-0.25, -0.2) is 0 Å². The van der Waals surface area contributed by atoms with E-state index in [9.17, 15) is 4.79 Å². The topological polar surface area (TPSA) is 32.8 Å². The maximum Gasteiger partial charge on any atom is 0.312 e. The van der Waals surface area contributed by atoms with Crippen LogP contribution in [0.25, 0.3) is 0 Å². The summed E-state index contributed by atoms with van der Waals surface area (Å²) >= 11 is 0. The van der Waals surface area contributed by atoms with Crippen LogP contribution in [-0.2, 0) is 4.79 Å². The third kappa shape index (κ3) is 5.05. The van der Waals surface area contributed by atoms with E-state index in [4.69, 9.17) is 4.74 Å². The van der Waals surface area contributed by atoms with Crippen molar-refractivity contribution in [3.05, 3.63) is 30.3 Å². The van der Waals surface area contributed by atoms with Crippen LogP contribution in [-0.4, -0.2) is 55.5 Å². The Labute approximate surface area is 145 Å². The van der Waals surface area contributed by atoms with Crippen LogP contribution < -0.4 is 4.74 Å². The van der Waals surface area contributed by atoms with Gasteiger partial charge in [-0.15, -0.1) is 0 Å². The van der Waals surface area contributed by atoms with Crippen LogP contribution in [0.2, 0.25) is 0 Å². The Morgan fingerprint density at radius 1 is 1.00 bits per heavy atom. The fourth-order valence-electron chi connectivity index (χ4n) is 4.07. The van der Waals surface area contributed by atoms with Crippen molar-refractivity contribution in [2.45, 2.75) is 32.1 Å². The van der Waals surface area contributed by atoms with Crippen molar-refractivity contribution in [2.24, 2.45) is 11.8 Å². The molecule has 0 atom stereocenters. The number of piperidine rings is 2. The van der Waals surface area contributed by atoms with E-state index < -0.39 is 0 Å². The molecule has 0 aromatic heterocycles. The Hall–Kier alpha value is -1.39. The number of ether oxygens (including phenoxy) is 1. The van der Waals surface area contributed by atoms with Crippen molar-refractivity contribution in [1.29, 1.82) is 0 Å². The van der Waals surface area contributed by atoms with Crippen LogP contribution in [0.15, 0.2) is 30.3 Å². The average molecular weight is 330 g/mol. The van der Waals surface area contributed by atoms with E-state index in [-0.39, 0.29) is 5.97 Å². The third-order valence-electron chi connectivity index (χ3n) is 5.67. The van der Waals surface area contributed by atoms with Gasteiger partial charge in [-0.3, -0.25) is 4.79 Å². The van der Waals surface area contributed by atoms with Crippen LogP contribution in [0.1, 0.15) is 32.1 Å². The number of esters is 1. The van der Waals surface area contributed by atoms with Gasteiger partial charge in [-0.2, -0.15) is 0 Å². The number of hydrogen-bond donors (Lipinski definition) is 0. The summed E-state index contributed by atoms with van der Waals surface area (Å²) in [5, 5.41) is 0. The lowest BCUT2D eigenvalue weighted by Gasteiger charge is -2.39. The van der Waals surface area contributed by atoms with Gasteiger partial charge in [0.2, 0.25) is 0 Å². The quantitative estimate of drug-likeness (QED) is 0.614. The monoisotopic (exact) mass is 330 g/mol. The molecule has 4 nitrogen and oxygen atoms in total. The van der Waals surface area contributed by atoms with Gasteiger partial charge in [0.15, 0.2) is 0 Å². The first kappa shape index (κ1) is 17.4. The number of rotatable bonds is 5. The Bertz CT molecular complexity index is 504. The fraction of sp³-hybridized carbons (Fsp3) is 0.650. The molecule has 0 radical (unpaired) electrons. The van der Waals surface area contributed by atoms with Gasteiger partial charge in [0, 0.05) is 6.54 Å². The molecule has 4 heteroatoms. The lowest BCUT2D eigenvalue weighted by atomic mass is 9.79. The molecule has 3 rings (SSSR count). The molecule has 2 heterocycles. The van der Waals surface area contributed by atoms with E-state index in [1.165, 1.54) is 38.8 Å². The molecule has 0 N–H and O–H groups in total. The minimum atomic E-state index is -0.126. The van der Waals surface area contributed by atoms with Crippen molar-refractivity contribution in [1.82, 2.24) is 9.80 Å². The number of nitrogens with zero attached hydrogens (tertiary/aromatic N) is 2. The van der Waals surface area contributed by atoms with Gasteiger partial charge in [0.25, 0.3) is 0 Å². The number of carbonyl (C=O) groups excluding carboxylic acids is 1. The Balaban J connectivity index is 1.34. The second kappa shape index (κ2) is 8.63. The SMILES string of the molecule is CN1CCC(C2CCN(CCC(=O)Oc3ccccc3)CC2)CC1. The zero-order valence-electron chi connectivity index (χ0n) is 14.8. The summed E-state index contributed by atoms with van der Waals surface area (Å²) in [5.41, 5.74) is 0. The number of carbonyl (C=O) groups is 1. The summed E-state index contributed by atoms with van der Waals surface area (Å²) < 4.78 is 5.36. The van der Waals surface area contributed by atoms with E-state index in [0.29, 0.717) is 12.2 Å². The first-order valence-electron chi connectivity index (χ1n) is 9.37. The molecule has 2 aliphatic heterocycles. The maximum absolute atomic E-state index is 11.9. The second-order valence-electron chi connectivity index (χ2n) is 7.36. The molecule has 0 spiro atoms. The van der Waals surface area contributed by atoms with Gasteiger partial charge < -0.3 is 14.5 Å².